The van der Waals surface area contributed by atoms with Crippen LogP contribution in [0.3, 0.4) is 0 Å². The largest absolute Gasteiger partial charge is 0.481 e. The van der Waals surface area contributed by atoms with Crippen LogP contribution in [0, 0.1) is 0 Å². The maximum Gasteiger partial charge on any atom is 0.326 e. The summed E-state index contributed by atoms with van der Waals surface area (Å²) in [6, 6.07) is 7.89. The number of para-hydroxylation sites is 1. The summed E-state index contributed by atoms with van der Waals surface area (Å²) in [5.74, 6) is -2.96. The molecule has 9 heteroatoms. The molecule has 0 bridgehead atoms. The van der Waals surface area contributed by atoms with Gasteiger partial charge in [0.1, 0.15) is 10.4 Å². The smallest absolute Gasteiger partial charge is 0.326 e. The number of thiocarbonyl (C=S) groups is 1. The summed E-state index contributed by atoms with van der Waals surface area (Å²) in [6.45, 7) is 0. The Morgan fingerprint density at radius 1 is 1.26 bits per heavy atom. The van der Waals surface area contributed by atoms with Crippen LogP contribution >= 0.6 is 24.0 Å². The molecule has 0 unspecified atom stereocenters. The standard InChI is InChI=1S/C18H14N2O5S2/c21-15(22)6-5-13(17(24)25)20-16(23)14(27-18(20)26)9-10-7-8-19-12-4-2-1-3-11(10)12/h1-4,7-9,13H,5-6H2,(H,21,22)(H,24,25)/b14-9-/t13-/m1/s1. The summed E-state index contributed by atoms with van der Waals surface area (Å²) in [5, 5.41) is 19.1. The van der Waals surface area contributed by atoms with E-state index in [0.29, 0.717) is 0 Å². The van der Waals surface area contributed by atoms with Crippen molar-refractivity contribution < 1.29 is 24.6 Å². The monoisotopic (exact) mass is 402 g/mol. The molecule has 1 aromatic heterocycles. The molecule has 1 aliphatic rings. The number of rotatable bonds is 6. The minimum Gasteiger partial charge on any atom is -0.481 e. The lowest BCUT2D eigenvalue weighted by Crippen LogP contribution is -2.44. The Balaban J connectivity index is 1.94. The molecule has 0 aliphatic carbocycles. The molecule has 3 rings (SSSR count). The lowest BCUT2D eigenvalue weighted by atomic mass is 10.1. The molecule has 138 valence electrons. The summed E-state index contributed by atoms with van der Waals surface area (Å²) in [5.41, 5.74) is 1.53. The van der Waals surface area contributed by atoms with Gasteiger partial charge in [-0.2, -0.15) is 0 Å². The summed E-state index contributed by atoms with van der Waals surface area (Å²) >= 11 is 6.19. The zero-order valence-corrected chi connectivity index (χ0v) is 15.5. The van der Waals surface area contributed by atoms with E-state index < -0.39 is 23.9 Å². The molecular formula is C18H14N2O5S2. The zero-order chi connectivity index (χ0) is 19.6. The quantitative estimate of drug-likeness (QED) is 0.561. The van der Waals surface area contributed by atoms with Crippen molar-refractivity contribution in [1.82, 2.24) is 9.88 Å². The van der Waals surface area contributed by atoms with Gasteiger partial charge in [0.05, 0.1) is 10.4 Å². The van der Waals surface area contributed by atoms with Gasteiger partial charge < -0.3 is 10.2 Å². The van der Waals surface area contributed by atoms with Crippen LogP contribution in [0.25, 0.3) is 17.0 Å². The summed E-state index contributed by atoms with van der Waals surface area (Å²) in [7, 11) is 0. The van der Waals surface area contributed by atoms with E-state index in [0.717, 1.165) is 33.1 Å². The fourth-order valence-electron chi connectivity index (χ4n) is 2.76. The molecule has 27 heavy (non-hydrogen) atoms. The number of carboxylic acids is 2. The van der Waals surface area contributed by atoms with E-state index in [1.54, 1.807) is 18.3 Å². The molecule has 1 aromatic carbocycles. The van der Waals surface area contributed by atoms with Gasteiger partial charge in [0, 0.05) is 18.0 Å². The number of nitrogens with zero attached hydrogens (tertiary/aromatic N) is 2. The molecule has 2 aromatic rings. The van der Waals surface area contributed by atoms with Crippen LogP contribution in [-0.2, 0) is 14.4 Å². The molecule has 2 heterocycles. The van der Waals surface area contributed by atoms with Crippen LogP contribution in [0.4, 0.5) is 0 Å². The topological polar surface area (TPSA) is 108 Å². The molecule has 1 fully saturated rings. The average Bonchev–Trinajstić information content (AvgIpc) is 2.89. The van der Waals surface area contributed by atoms with Crippen LogP contribution in [0.2, 0.25) is 0 Å². The maximum absolute atomic E-state index is 12.8. The third-order valence-electron chi connectivity index (χ3n) is 4.02. The molecule has 0 saturated carbocycles. The van der Waals surface area contributed by atoms with Crippen LogP contribution < -0.4 is 0 Å². The SMILES string of the molecule is O=C(O)CC[C@H](C(=O)O)N1C(=O)/C(=C/c2ccnc3ccccc23)SC1=S. The van der Waals surface area contributed by atoms with Crippen molar-refractivity contribution in [3.63, 3.8) is 0 Å². The number of amides is 1. The Kier molecular flexibility index (Phi) is 5.52. The number of thioether (sulfide) groups is 1. The number of hydrogen-bond acceptors (Lipinski definition) is 6. The van der Waals surface area contributed by atoms with E-state index in [1.165, 1.54) is 0 Å². The number of fused-ring (bicyclic) bond motifs is 1. The lowest BCUT2D eigenvalue weighted by Gasteiger charge is -2.22. The first-order valence-electron chi connectivity index (χ1n) is 7.94. The van der Waals surface area contributed by atoms with E-state index in [1.807, 2.05) is 24.3 Å². The van der Waals surface area contributed by atoms with E-state index >= 15 is 0 Å². The van der Waals surface area contributed by atoms with E-state index in [-0.39, 0.29) is 22.1 Å². The van der Waals surface area contributed by atoms with Gasteiger partial charge in [-0.15, -0.1) is 0 Å². The van der Waals surface area contributed by atoms with Crippen molar-refractivity contribution in [1.29, 1.82) is 0 Å². The van der Waals surface area contributed by atoms with Gasteiger partial charge in [0.15, 0.2) is 0 Å². The first-order valence-corrected chi connectivity index (χ1v) is 9.16. The number of hydrogen-bond donors (Lipinski definition) is 2. The molecule has 7 nitrogen and oxygen atoms in total. The minimum atomic E-state index is -1.31. The van der Waals surface area contributed by atoms with Crippen LogP contribution in [0.1, 0.15) is 18.4 Å². The Labute approximate surface area is 163 Å². The number of carbonyl (C=O) groups excluding carboxylic acids is 1. The van der Waals surface area contributed by atoms with E-state index in [2.05, 4.69) is 4.98 Å². The van der Waals surface area contributed by atoms with Gasteiger partial charge in [-0.3, -0.25) is 19.5 Å². The molecule has 0 radical (unpaired) electrons. The number of carbonyl (C=O) groups is 3. The highest BCUT2D eigenvalue weighted by atomic mass is 32.2. The first kappa shape index (κ1) is 19.0. The molecular weight excluding hydrogens is 388 g/mol. The lowest BCUT2D eigenvalue weighted by molar-refractivity contribution is -0.146. The Bertz CT molecular complexity index is 983. The van der Waals surface area contributed by atoms with Crippen molar-refractivity contribution in [2.24, 2.45) is 0 Å². The molecule has 0 spiro atoms. The molecule has 1 aliphatic heterocycles. The van der Waals surface area contributed by atoms with Crippen molar-refractivity contribution in [2.45, 2.75) is 18.9 Å². The number of benzene rings is 1. The van der Waals surface area contributed by atoms with Gasteiger partial charge in [0.25, 0.3) is 5.91 Å². The van der Waals surface area contributed by atoms with E-state index in [9.17, 15) is 19.5 Å². The molecule has 1 atom stereocenters. The van der Waals surface area contributed by atoms with Crippen LogP contribution in [-0.4, -0.2) is 48.3 Å². The number of aromatic nitrogens is 1. The zero-order valence-electron chi connectivity index (χ0n) is 13.9. The Morgan fingerprint density at radius 2 is 2.00 bits per heavy atom. The summed E-state index contributed by atoms with van der Waals surface area (Å²) in [4.78, 5) is 40.6. The fraction of sp³-hybridized carbons (Fsp3) is 0.167. The van der Waals surface area contributed by atoms with Gasteiger partial charge >= 0.3 is 11.9 Å². The van der Waals surface area contributed by atoms with Crippen LogP contribution in [0.5, 0.6) is 0 Å². The van der Waals surface area contributed by atoms with Crippen LogP contribution in [0.15, 0.2) is 41.4 Å². The highest BCUT2D eigenvalue weighted by Gasteiger charge is 2.40. The maximum atomic E-state index is 12.8. The van der Waals surface area contributed by atoms with E-state index in [4.69, 9.17) is 17.3 Å². The Hall–Kier alpha value is -2.78. The number of pyridine rings is 1. The average molecular weight is 402 g/mol. The first-order chi connectivity index (χ1) is 12.9. The second-order valence-corrected chi connectivity index (χ2v) is 7.43. The Morgan fingerprint density at radius 3 is 2.70 bits per heavy atom. The predicted molar refractivity (Wildman–Crippen MR) is 105 cm³/mol. The number of carboxylic acid groups (broad SMARTS) is 2. The molecule has 1 saturated heterocycles. The van der Waals surface area contributed by atoms with Gasteiger partial charge in [-0.25, -0.2) is 4.79 Å². The summed E-state index contributed by atoms with van der Waals surface area (Å²) in [6.07, 6.45) is 2.69. The second-order valence-electron chi connectivity index (χ2n) is 5.76. The highest BCUT2D eigenvalue weighted by molar-refractivity contribution is 8.26. The third-order valence-corrected chi connectivity index (χ3v) is 5.35. The predicted octanol–water partition coefficient (Wildman–Crippen LogP) is 2.75. The second kappa shape index (κ2) is 7.85. The normalized spacial score (nSPS) is 16.9. The van der Waals surface area contributed by atoms with Crippen molar-refractivity contribution in [3.8, 4) is 0 Å². The van der Waals surface area contributed by atoms with Crippen molar-refractivity contribution in [2.75, 3.05) is 0 Å². The van der Waals surface area contributed by atoms with Gasteiger partial charge in [0.2, 0.25) is 0 Å². The fourth-order valence-corrected chi connectivity index (χ4v) is 4.10. The van der Waals surface area contributed by atoms with Gasteiger partial charge in [-0.05, 0) is 30.2 Å². The minimum absolute atomic E-state index is 0.0994. The number of aliphatic carboxylic acids is 2. The third kappa shape index (κ3) is 3.99. The highest BCUT2D eigenvalue weighted by Crippen LogP contribution is 2.35. The molecule has 2 N–H and O–H groups in total. The van der Waals surface area contributed by atoms with Crippen molar-refractivity contribution >= 4 is 63.1 Å². The molecule has 1 amide bonds. The summed E-state index contributed by atoms with van der Waals surface area (Å²) < 4.78 is 0.0994. The van der Waals surface area contributed by atoms with Crippen molar-refractivity contribution in [3.05, 3.63) is 47.0 Å². The van der Waals surface area contributed by atoms with Gasteiger partial charge in [-0.1, -0.05) is 42.2 Å².